The molecule has 1 saturated heterocycles. The number of ether oxygens (including phenoxy) is 1. The summed E-state index contributed by atoms with van der Waals surface area (Å²) in [4.78, 5) is 37.3. The van der Waals surface area contributed by atoms with Gasteiger partial charge in [0.05, 0.1) is 5.56 Å². The second-order valence-electron chi connectivity index (χ2n) is 7.13. The second-order valence-corrected chi connectivity index (χ2v) is 7.13. The lowest BCUT2D eigenvalue weighted by Gasteiger charge is -2.18. The highest BCUT2D eigenvalue weighted by atomic mass is 16.5. The van der Waals surface area contributed by atoms with Crippen LogP contribution >= 0.6 is 0 Å². The van der Waals surface area contributed by atoms with Crippen LogP contribution in [0.15, 0.2) is 52.9 Å². The molecule has 1 aliphatic rings. The minimum Gasteiger partial charge on any atom is -0.449 e. The van der Waals surface area contributed by atoms with Crippen LogP contribution in [0.2, 0.25) is 0 Å². The van der Waals surface area contributed by atoms with Gasteiger partial charge in [-0.25, -0.2) is 9.59 Å². The molecule has 3 aromatic rings. The molecule has 3 amide bonds. The van der Waals surface area contributed by atoms with Crippen molar-refractivity contribution in [2.75, 3.05) is 13.1 Å². The lowest BCUT2D eigenvalue weighted by atomic mass is 10.1. The predicted molar refractivity (Wildman–Crippen MR) is 110 cm³/mol. The van der Waals surface area contributed by atoms with Crippen molar-refractivity contribution in [3.63, 3.8) is 0 Å². The van der Waals surface area contributed by atoms with Crippen LogP contribution in [0.25, 0.3) is 22.9 Å². The van der Waals surface area contributed by atoms with E-state index in [9.17, 15) is 14.4 Å². The molecule has 0 aliphatic carbocycles. The lowest BCUT2D eigenvalue weighted by molar-refractivity contribution is -0.136. The molecule has 0 spiro atoms. The molecule has 0 saturated carbocycles. The van der Waals surface area contributed by atoms with Gasteiger partial charge in [0, 0.05) is 24.2 Å². The van der Waals surface area contributed by atoms with E-state index >= 15 is 0 Å². The largest absolute Gasteiger partial charge is 0.449 e. The Hall–Kier alpha value is -4.01. The van der Waals surface area contributed by atoms with Gasteiger partial charge < -0.3 is 14.5 Å². The fraction of sp³-hybridized carbons (Fsp3) is 0.227. The molecule has 158 valence electrons. The minimum absolute atomic E-state index is 0.253. The van der Waals surface area contributed by atoms with E-state index in [1.807, 2.05) is 31.2 Å². The second kappa shape index (κ2) is 8.39. The third kappa shape index (κ3) is 4.30. The van der Waals surface area contributed by atoms with E-state index < -0.39 is 24.0 Å². The van der Waals surface area contributed by atoms with E-state index in [1.54, 1.807) is 24.3 Å². The van der Waals surface area contributed by atoms with Gasteiger partial charge in [-0.3, -0.25) is 9.69 Å². The standard InChI is InChI=1S/C22H20N4O5/c1-13-3-5-15(6-4-13)18-24-25-19(31-18)16-7-9-17(10-8-16)21(28)30-14(2)20(27)26-12-11-23-22(26)29/h3-10,14H,11-12H2,1-2H3,(H,23,29). The number of benzene rings is 2. The number of carbonyl (C=O) groups excluding carboxylic acids is 3. The zero-order valence-electron chi connectivity index (χ0n) is 17.0. The van der Waals surface area contributed by atoms with Gasteiger partial charge in [0.25, 0.3) is 5.91 Å². The quantitative estimate of drug-likeness (QED) is 0.631. The van der Waals surface area contributed by atoms with Gasteiger partial charge in [-0.15, -0.1) is 10.2 Å². The van der Waals surface area contributed by atoms with Crippen LogP contribution < -0.4 is 5.32 Å². The smallest absolute Gasteiger partial charge is 0.338 e. The molecule has 1 aliphatic heterocycles. The molecule has 1 aromatic heterocycles. The summed E-state index contributed by atoms with van der Waals surface area (Å²) in [5.74, 6) is -0.511. The molecule has 9 heteroatoms. The molecule has 1 fully saturated rings. The number of hydrogen-bond acceptors (Lipinski definition) is 7. The number of aromatic nitrogens is 2. The van der Waals surface area contributed by atoms with Crippen molar-refractivity contribution < 1.29 is 23.5 Å². The van der Waals surface area contributed by atoms with Gasteiger partial charge in [0.1, 0.15) is 0 Å². The van der Waals surface area contributed by atoms with Crippen LogP contribution in [0, 0.1) is 6.92 Å². The van der Waals surface area contributed by atoms with E-state index in [1.165, 1.54) is 6.92 Å². The number of nitrogens with one attached hydrogen (secondary N) is 1. The molecule has 1 N–H and O–H groups in total. The summed E-state index contributed by atoms with van der Waals surface area (Å²) < 4.78 is 10.9. The van der Waals surface area contributed by atoms with Gasteiger partial charge in [-0.1, -0.05) is 17.7 Å². The number of carbonyl (C=O) groups is 3. The third-order valence-electron chi connectivity index (χ3n) is 4.85. The van der Waals surface area contributed by atoms with Crippen molar-refractivity contribution in [3.05, 3.63) is 59.7 Å². The molecule has 1 unspecified atom stereocenters. The minimum atomic E-state index is -1.08. The Kier molecular flexibility index (Phi) is 5.48. The number of esters is 1. The highest BCUT2D eigenvalue weighted by Gasteiger charge is 2.31. The summed E-state index contributed by atoms with van der Waals surface area (Å²) in [5.41, 5.74) is 2.84. The maximum Gasteiger partial charge on any atom is 0.338 e. The maximum atomic E-state index is 12.4. The highest BCUT2D eigenvalue weighted by molar-refractivity contribution is 5.99. The Morgan fingerprint density at radius 2 is 1.61 bits per heavy atom. The van der Waals surface area contributed by atoms with Crippen LogP contribution in [-0.4, -0.2) is 52.2 Å². The Morgan fingerprint density at radius 1 is 1.03 bits per heavy atom. The normalized spacial score (nSPS) is 14.3. The predicted octanol–water partition coefficient (Wildman–Crippen LogP) is 2.81. The molecular weight excluding hydrogens is 400 g/mol. The number of rotatable bonds is 5. The molecule has 0 radical (unpaired) electrons. The summed E-state index contributed by atoms with van der Waals surface area (Å²) in [6.45, 7) is 4.07. The first-order chi connectivity index (χ1) is 14.9. The molecular formula is C22H20N4O5. The summed E-state index contributed by atoms with van der Waals surface area (Å²) in [6.07, 6.45) is -1.08. The molecule has 2 aromatic carbocycles. The van der Waals surface area contributed by atoms with Crippen molar-refractivity contribution in [2.45, 2.75) is 20.0 Å². The maximum absolute atomic E-state index is 12.4. The molecule has 2 heterocycles. The molecule has 1 atom stereocenters. The van der Waals surface area contributed by atoms with Gasteiger partial charge in [0.15, 0.2) is 6.10 Å². The number of hydrogen-bond donors (Lipinski definition) is 1. The first-order valence-corrected chi connectivity index (χ1v) is 9.73. The van der Waals surface area contributed by atoms with Crippen molar-refractivity contribution in [3.8, 4) is 22.9 Å². The Balaban J connectivity index is 1.42. The van der Waals surface area contributed by atoms with Gasteiger partial charge >= 0.3 is 12.0 Å². The SMILES string of the molecule is Cc1ccc(-c2nnc(-c3ccc(C(=O)OC(C)C(=O)N4CCNC4=O)cc3)o2)cc1. The average molecular weight is 420 g/mol. The fourth-order valence-corrected chi connectivity index (χ4v) is 3.08. The van der Waals surface area contributed by atoms with Crippen molar-refractivity contribution in [1.82, 2.24) is 20.4 Å². The number of urea groups is 1. The van der Waals surface area contributed by atoms with E-state index in [0.29, 0.717) is 23.9 Å². The van der Waals surface area contributed by atoms with Crippen LogP contribution in [0.1, 0.15) is 22.8 Å². The zero-order valence-corrected chi connectivity index (χ0v) is 17.0. The third-order valence-corrected chi connectivity index (χ3v) is 4.85. The zero-order chi connectivity index (χ0) is 22.0. The summed E-state index contributed by atoms with van der Waals surface area (Å²) in [5, 5.41) is 10.7. The first kappa shape index (κ1) is 20.3. The van der Waals surface area contributed by atoms with Crippen LogP contribution in [-0.2, 0) is 9.53 Å². The van der Waals surface area contributed by atoms with Crippen molar-refractivity contribution >= 4 is 17.9 Å². The molecule has 4 rings (SSSR count). The number of amides is 3. The van der Waals surface area contributed by atoms with E-state index in [-0.39, 0.29) is 12.1 Å². The van der Waals surface area contributed by atoms with Crippen molar-refractivity contribution in [1.29, 1.82) is 0 Å². The fourth-order valence-electron chi connectivity index (χ4n) is 3.08. The topological polar surface area (TPSA) is 115 Å². The summed E-state index contributed by atoms with van der Waals surface area (Å²) >= 11 is 0. The molecule has 31 heavy (non-hydrogen) atoms. The lowest BCUT2D eigenvalue weighted by Crippen LogP contribution is -2.41. The van der Waals surface area contributed by atoms with Gasteiger partial charge in [-0.05, 0) is 50.2 Å². The number of aryl methyl sites for hydroxylation is 1. The van der Waals surface area contributed by atoms with Crippen molar-refractivity contribution in [2.24, 2.45) is 0 Å². The Labute approximate surface area is 178 Å². The Bertz CT molecular complexity index is 1120. The van der Waals surface area contributed by atoms with Gasteiger partial charge in [-0.2, -0.15) is 0 Å². The number of imide groups is 1. The van der Waals surface area contributed by atoms with E-state index in [4.69, 9.17) is 9.15 Å². The van der Waals surface area contributed by atoms with Crippen LogP contribution in [0.3, 0.4) is 0 Å². The highest BCUT2D eigenvalue weighted by Crippen LogP contribution is 2.24. The summed E-state index contributed by atoms with van der Waals surface area (Å²) in [7, 11) is 0. The molecule has 9 nitrogen and oxygen atoms in total. The van der Waals surface area contributed by atoms with Gasteiger partial charge in [0.2, 0.25) is 11.8 Å². The number of nitrogens with zero attached hydrogens (tertiary/aromatic N) is 3. The summed E-state index contributed by atoms with van der Waals surface area (Å²) in [6, 6.07) is 13.7. The van der Waals surface area contributed by atoms with Crippen LogP contribution in [0.5, 0.6) is 0 Å². The Morgan fingerprint density at radius 3 is 2.16 bits per heavy atom. The van der Waals surface area contributed by atoms with Crippen LogP contribution in [0.4, 0.5) is 4.79 Å². The van der Waals surface area contributed by atoms with E-state index in [0.717, 1.165) is 16.0 Å². The monoisotopic (exact) mass is 420 g/mol. The first-order valence-electron chi connectivity index (χ1n) is 9.73. The van der Waals surface area contributed by atoms with E-state index in [2.05, 4.69) is 15.5 Å². The molecule has 0 bridgehead atoms. The average Bonchev–Trinajstić information content (AvgIpc) is 3.43.